The number of para-hydroxylation sites is 1. The summed E-state index contributed by atoms with van der Waals surface area (Å²) in [5, 5.41) is 20.8. The van der Waals surface area contributed by atoms with Gasteiger partial charge < -0.3 is 46.6 Å². The Kier molecular flexibility index (Phi) is 14.8. The zero-order valence-corrected chi connectivity index (χ0v) is 35.2. The number of nitrogens with two attached hydrogens (primary N) is 2. The normalized spacial score (nSPS) is 16.9. The number of benzene rings is 1. The minimum Gasteiger partial charge on any atom is -0.513 e. The van der Waals surface area contributed by atoms with Crippen LogP contribution in [0.15, 0.2) is 77.4 Å². The van der Waals surface area contributed by atoms with Gasteiger partial charge in [0.2, 0.25) is 0 Å². The fraction of sp³-hybridized carbons (Fsp3) is 0.405. The number of likely N-dealkylation sites (tertiary alicyclic amines) is 2. The van der Waals surface area contributed by atoms with Crippen LogP contribution in [0.3, 0.4) is 0 Å². The van der Waals surface area contributed by atoms with Crippen LogP contribution in [0.1, 0.15) is 78.1 Å². The van der Waals surface area contributed by atoms with E-state index < -0.39 is 0 Å². The number of nitrogens with zero attached hydrogens (tertiary/aromatic N) is 9. The molecule has 1 unspecified atom stereocenters. The lowest BCUT2D eigenvalue weighted by atomic mass is 9.93. The van der Waals surface area contributed by atoms with Crippen LogP contribution >= 0.6 is 0 Å². The van der Waals surface area contributed by atoms with Gasteiger partial charge in [-0.2, -0.15) is 10.1 Å². The average Bonchev–Trinajstić information content (AvgIpc) is 3.85. The molecule has 3 aliphatic heterocycles. The van der Waals surface area contributed by atoms with Gasteiger partial charge in [0.25, 0.3) is 5.91 Å². The number of amides is 1. The number of carbonyl (C=O) groups excluding carboxylic acids is 2. The van der Waals surface area contributed by atoms with Gasteiger partial charge in [0.05, 0.1) is 52.8 Å². The van der Waals surface area contributed by atoms with E-state index in [0.29, 0.717) is 36.6 Å². The Hall–Kier alpha value is -6.33. The van der Waals surface area contributed by atoms with Gasteiger partial charge in [-0.05, 0) is 93.0 Å². The summed E-state index contributed by atoms with van der Waals surface area (Å²) in [5.41, 5.74) is 18.6. The van der Waals surface area contributed by atoms with E-state index >= 15 is 0 Å². The summed E-state index contributed by atoms with van der Waals surface area (Å²) in [4.78, 5) is 47.6. The zero-order valence-electron chi connectivity index (χ0n) is 35.2. The van der Waals surface area contributed by atoms with Gasteiger partial charge in [0, 0.05) is 49.1 Å². The number of carbonyl (C=O) groups is 2. The maximum absolute atomic E-state index is 13.0. The highest BCUT2D eigenvalue weighted by Gasteiger charge is 2.39. The lowest BCUT2D eigenvalue weighted by Gasteiger charge is -2.42. The first-order valence-corrected chi connectivity index (χ1v) is 19.7. The molecule has 6 heterocycles. The second-order valence-corrected chi connectivity index (χ2v) is 14.9. The Balaban J connectivity index is 0.000000657. The highest BCUT2D eigenvalue weighted by molar-refractivity contribution is 5.97. The van der Waals surface area contributed by atoms with E-state index in [1.165, 1.54) is 32.0 Å². The smallest absolute Gasteiger partial charge is 0.318 e. The largest absolute Gasteiger partial charge is 0.513 e. The predicted molar refractivity (Wildman–Crippen MR) is 231 cm³/mol. The molecule has 7 N–H and O–H groups in total. The molecule has 2 saturated heterocycles. The van der Waals surface area contributed by atoms with Crippen LogP contribution in [-0.4, -0.2) is 118 Å². The number of aromatic nitrogens is 5. The molecule has 7 rings (SSSR count). The summed E-state index contributed by atoms with van der Waals surface area (Å²) >= 11 is 0. The zero-order chi connectivity index (χ0) is 42.8. The van der Waals surface area contributed by atoms with Crippen molar-refractivity contribution in [2.45, 2.75) is 58.7 Å². The third-order valence-corrected chi connectivity index (χ3v) is 9.84. The Morgan fingerprint density at radius 1 is 1.03 bits per heavy atom. The lowest BCUT2D eigenvalue weighted by molar-refractivity contribution is 0.0489. The fourth-order valence-corrected chi connectivity index (χ4v) is 6.92. The molecule has 1 atom stereocenters. The fourth-order valence-electron chi connectivity index (χ4n) is 6.92. The number of ether oxygens (including phenoxy) is 1. The molecule has 1 aromatic carbocycles. The van der Waals surface area contributed by atoms with E-state index in [1.807, 2.05) is 71.0 Å². The Bertz CT molecular complexity index is 2190. The van der Waals surface area contributed by atoms with Gasteiger partial charge in [-0.3, -0.25) is 14.3 Å². The summed E-state index contributed by atoms with van der Waals surface area (Å²) in [6, 6.07) is 12.4. The molecule has 3 aliphatic rings. The molecule has 0 radical (unpaired) electrons. The molecular formula is C42H57N13O4. The van der Waals surface area contributed by atoms with Gasteiger partial charge in [0.15, 0.2) is 12.1 Å². The van der Waals surface area contributed by atoms with Crippen LogP contribution in [0.4, 0.5) is 17.2 Å². The van der Waals surface area contributed by atoms with Crippen LogP contribution in [-0.2, 0) is 0 Å². The molecule has 3 aromatic heterocycles. The number of rotatable bonds is 10. The molecule has 4 aromatic rings. The first kappa shape index (κ1) is 43.8. The molecule has 17 nitrogen and oxygen atoms in total. The minimum absolute atomic E-state index is 0.0198. The Morgan fingerprint density at radius 3 is 2.36 bits per heavy atom. The molecule has 0 aliphatic carbocycles. The average molecular weight is 808 g/mol. The van der Waals surface area contributed by atoms with Crippen LogP contribution in [0.25, 0.3) is 11.1 Å². The molecule has 0 saturated carbocycles. The summed E-state index contributed by atoms with van der Waals surface area (Å²) in [5.74, 6) is 0.173. The summed E-state index contributed by atoms with van der Waals surface area (Å²) in [7, 11) is 7.92. The maximum Gasteiger partial charge on any atom is 0.318 e. The van der Waals surface area contributed by atoms with E-state index in [0.717, 1.165) is 34.5 Å². The van der Waals surface area contributed by atoms with Gasteiger partial charge in [-0.25, -0.2) is 15.0 Å². The van der Waals surface area contributed by atoms with Crippen molar-refractivity contribution in [2.75, 3.05) is 64.6 Å². The van der Waals surface area contributed by atoms with Crippen molar-refractivity contribution in [3.8, 4) is 17.1 Å². The number of aliphatic imine (C=N–C) groups is 1. The summed E-state index contributed by atoms with van der Waals surface area (Å²) < 4.78 is 7.63. The highest BCUT2D eigenvalue weighted by Crippen LogP contribution is 2.48. The highest BCUT2D eigenvalue weighted by atomic mass is 16.5. The molecule has 0 spiro atoms. The van der Waals surface area contributed by atoms with Crippen LogP contribution in [0.5, 0.6) is 6.01 Å². The van der Waals surface area contributed by atoms with Gasteiger partial charge in [-0.15, -0.1) is 0 Å². The van der Waals surface area contributed by atoms with Gasteiger partial charge in [-0.1, -0.05) is 18.2 Å². The van der Waals surface area contributed by atoms with Crippen molar-refractivity contribution in [2.24, 2.45) is 16.5 Å². The second kappa shape index (κ2) is 19.9. The minimum atomic E-state index is -0.222. The number of nitrogens with one attached hydrogen (secondary N) is 2. The van der Waals surface area contributed by atoms with E-state index in [-0.39, 0.29) is 53.0 Å². The van der Waals surface area contributed by atoms with Crippen molar-refractivity contribution < 1.29 is 19.4 Å². The number of aliphatic hydroxyl groups is 1. The number of aryl methyl sites for hydroxylation is 1. The summed E-state index contributed by atoms with van der Waals surface area (Å²) in [6.45, 7) is 11.2. The van der Waals surface area contributed by atoms with E-state index in [9.17, 15) is 14.7 Å². The van der Waals surface area contributed by atoms with E-state index in [1.54, 1.807) is 29.2 Å². The Labute approximate surface area is 345 Å². The van der Waals surface area contributed by atoms with E-state index in [2.05, 4.69) is 54.3 Å². The standard InChI is InChI=1S/C35H39N11O4.C5H11N.C2H7N/c1-19(2)50-35-39-20(3)12-31(43-35)42-30(37)13-29(26(36)18-48)41-27-10-7-9-24-25-14-38-46(32(25)21(4)44(5)33(24)27)23-15-45(16-23)34(49)28-11-6-8-22(17-47)40-28;1-6-4-2-3-5-6;1-3-2/h6-14,17-19,21,23,41,48H,15-16,36H2,1-5H3,(H2,37,39,42,43);2-5H2,1H3;3H,1-2H3/b26-18+,29-13+;;. The van der Waals surface area contributed by atoms with Gasteiger partial charge in [0.1, 0.15) is 23.5 Å². The Morgan fingerprint density at radius 2 is 1.73 bits per heavy atom. The lowest BCUT2D eigenvalue weighted by Crippen LogP contribution is -2.52. The van der Waals surface area contributed by atoms with Crippen molar-refractivity contribution in [3.63, 3.8) is 0 Å². The molecular weight excluding hydrogens is 751 g/mol. The topological polar surface area (TPSA) is 218 Å². The number of aldehydes is 1. The molecule has 314 valence electrons. The number of pyridine rings is 1. The number of hydrogen-bond acceptors (Lipinski definition) is 14. The molecule has 17 heteroatoms. The molecule has 59 heavy (non-hydrogen) atoms. The van der Waals surface area contributed by atoms with Crippen molar-refractivity contribution >= 4 is 35.2 Å². The summed E-state index contributed by atoms with van der Waals surface area (Å²) in [6.07, 6.45) is 7.50. The number of hydrogen-bond donors (Lipinski definition) is 5. The third-order valence-electron chi connectivity index (χ3n) is 9.84. The second-order valence-electron chi connectivity index (χ2n) is 14.9. The third kappa shape index (κ3) is 10.6. The number of anilines is 2. The first-order chi connectivity index (χ1) is 28.3. The maximum atomic E-state index is 13.0. The van der Waals surface area contributed by atoms with Crippen molar-refractivity contribution in [1.29, 1.82) is 0 Å². The van der Waals surface area contributed by atoms with Crippen LogP contribution < -0.4 is 31.7 Å². The van der Waals surface area contributed by atoms with Crippen molar-refractivity contribution in [1.82, 2.24) is 39.8 Å². The number of aliphatic hydroxyl groups excluding tert-OH is 1. The van der Waals surface area contributed by atoms with Crippen LogP contribution in [0, 0.1) is 6.92 Å². The molecule has 2 fully saturated rings. The number of amidine groups is 1. The first-order valence-electron chi connectivity index (χ1n) is 19.7. The number of fused-ring (bicyclic) bond motifs is 3. The monoisotopic (exact) mass is 807 g/mol. The molecule has 1 amide bonds. The molecule has 0 bridgehead atoms. The quantitative estimate of drug-likeness (QED) is 0.0481. The van der Waals surface area contributed by atoms with Crippen molar-refractivity contribution in [3.05, 3.63) is 95.2 Å². The van der Waals surface area contributed by atoms with Gasteiger partial charge >= 0.3 is 6.01 Å². The SMILES string of the molecule is CN1CCCC1.CNC.Cc1cc(N=C(N)/C=C(Nc2cccc3c2N(C)C(C)c2c-3cnn2C2CN(C(=O)c3cccc(C=O)n3)C2)\C(N)=C/O)nc(OC(C)C)n1. The van der Waals surface area contributed by atoms with E-state index in [4.69, 9.17) is 21.3 Å². The van der Waals surface area contributed by atoms with Crippen LogP contribution in [0.2, 0.25) is 0 Å². The predicted octanol–water partition coefficient (Wildman–Crippen LogP) is 4.74.